The Bertz CT molecular complexity index is 1130. The van der Waals surface area contributed by atoms with Crippen molar-refractivity contribution >= 4 is 26.0 Å². The third kappa shape index (κ3) is 7.36. The zero-order valence-corrected chi connectivity index (χ0v) is 20.4. The number of amides is 1. The predicted molar refractivity (Wildman–Crippen MR) is 127 cm³/mol. The number of hydrogen-bond donors (Lipinski definition) is 1. The highest BCUT2D eigenvalue weighted by Gasteiger charge is 2.25. The van der Waals surface area contributed by atoms with Crippen molar-refractivity contribution in [3.05, 3.63) is 65.7 Å². The molecule has 1 fully saturated rings. The van der Waals surface area contributed by atoms with Gasteiger partial charge in [0.2, 0.25) is 26.0 Å². The summed E-state index contributed by atoms with van der Waals surface area (Å²) in [4.78, 5) is 12.6. The van der Waals surface area contributed by atoms with Crippen LogP contribution in [0.25, 0.3) is 0 Å². The number of rotatable bonds is 10. The molecule has 0 aliphatic carbocycles. The molecule has 0 aromatic heterocycles. The van der Waals surface area contributed by atoms with Crippen molar-refractivity contribution in [1.29, 1.82) is 0 Å². The van der Waals surface area contributed by atoms with Crippen LogP contribution in [0.4, 0.5) is 0 Å². The van der Waals surface area contributed by atoms with Gasteiger partial charge in [0.15, 0.2) is 0 Å². The molecular formula is C23H31N3O5S2. The van der Waals surface area contributed by atoms with Gasteiger partial charge in [-0.05, 0) is 42.5 Å². The largest absolute Gasteiger partial charge is 0.351 e. The van der Waals surface area contributed by atoms with Crippen molar-refractivity contribution in [3.63, 3.8) is 0 Å². The van der Waals surface area contributed by atoms with E-state index >= 15 is 0 Å². The Kier molecular flexibility index (Phi) is 8.63. The Balaban J connectivity index is 1.54. The molecule has 0 atom stereocenters. The molecule has 1 aliphatic heterocycles. The van der Waals surface area contributed by atoms with Gasteiger partial charge in [-0.15, -0.1) is 0 Å². The average Bonchev–Trinajstić information content (AvgIpc) is 2.81. The second kappa shape index (κ2) is 11.2. The summed E-state index contributed by atoms with van der Waals surface area (Å²) in [5.41, 5.74) is 1.72. The van der Waals surface area contributed by atoms with Crippen molar-refractivity contribution in [2.45, 2.75) is 37.1 Å². The zero-order chi connectivity index (χ0) is 23.9. The summed E-state index contributed by atoms with van der Waals surface area (Å²) in [6, 6.07) is 15.9. The quantitative estimate of drug-likeness (QED) is 0.545. The van der Waals surface area contributed by atoms with Crippen LogP contribution in [0.5, 0.6) is 0 Å². The van der Waals surface area contributed by atoms with Gasteiger partial charge in [-0.25, -0.2) is 16.8 Å². The molecule has 2 aromatic carbocycles. The van der Waals surface area contributed by atoms with Gasteiger partial charge in [0, 0.05) is 26.2 Å². The van der Waals surface area contributed by atoms with E-state index in [2.05, 4.69) is 5.32 Å². The Hall–Kier alpha value is -2.27. The van der Waals surface area contributed by atoms with Crippen molar-refractivity contribution in [3.8, 4) is 0 Å². The molecule has 3 rings (SSSR count). The second-order valence-corrected chi connectivity index (χ2v) is 12.1. The van der Waals surface area contributed by atoms with E-state index in [1.54, 1.807) is 24.3 Å². The summed E-state index contributed by atoms with van der Waals surface area (Å²) < 4.78 is 52.4. The normalized spacial score (nSPS) is 15.5. The number of piperidine rings is 1. The van der Waals surface area contributed by atoms with Gasteiger partial charge in [-0.3, -0.25) is 4.79 Å². The maximum absolute atomic E-state index is 12.7. The lowest BCUT2D eigenvalue weighted by Gasteiger charge is -2.25. The SMILES string of the molecule is CS(=O)(=O)N(CCc1ccccc1)CC(=O)NCc1ccc(S(=O)(=O)N2CCCCC2)cc1. The van der Waals surface area contributed by atoms with Crippen LogP contribution in [-0.2, 0) is 37.8 Å². The average molecular weight is 494 g/mol. The fourth-order valence-corrected chi connectivity index (χ4v) is 6.00. The zero-order valence-electron chi connectivity index (χ0n) is 18.8. The summed E-state index contributed by atoms with van der Waals surface area (Å²) in [6.45, 7) is 1.20. The van der Waals surface area contributed by atoms with E-state index < -0.39 is 26.0 Å². The van der Waals surface area contributed by atoms with E-state index in [1.807, 2.05) is 30.3 Å². The van der Waals surface area contributed by atoms with Gasteiger partial charge in [0.25, 0.3) is 0 Å². The van der Waals surface area contributed by atoms with Crippen LogP contribution in [0.15, 0.2) is 59.5 Å². The summed E-state index contributed by atoms with van der Waals surface area (Å²) in [5.74, 6) is -0.418. The maximum atomic E-state index is 12.7. The topological polar surface area (TPSA) is 104 Å². The molecule has 180 valence electrons. The summed E-state index contributed by atoms with van der Waals surface area (Å²) in [5, 5.41) is 2.72. The molecule has 1 amide bonds. The highest BCUT2D eigenvalue weighted by molar-refractivity contribution is 7.89. The molecule has 1 heterocycles. The minimum Gasteiger partial charge on any atom is -0.351 e. The summed E-state index contributed by atoms with van der Waals surface area (Å²) >= 11 is 0. The first kappa shape index (κ1) is 25.4. The first-order valence-corrected chi connectivity index (χ1v) is 14.3. The number of benzene rings is 2. The van der Waals surface area contributed by atoms with Gasteiger partial charge < -0.3 is 5.32 Å². The maximum Gasteiger partial charge on any atom is 0.243 e. The molecule has 0 saturated carbocycles. The molecule has 8 nitrogen and oxygen atoms in total. The second-order valence-electron chi connectivity index (χ2n) is 8.22. The van der Waals surface area contributed by atoms with Crippen LogP contribution in [0.2, 0.25) is 0 Å². The van der Waals surface area contributed by atoms with E-state index in [4.69, 9.17) is 0 Å². The highest BCUT2D eigenvalue weighted by atomic mass is 32.2. The molecule has 1 saturated heterocycles. The molecule has 33 heavy (non-hydrogen) atoms. The van der Waals surface area contributed by atoms with Crippen molar-refractivity contribution in [2.24, 2.45) is 0 Å². The van der Waals surface area contributed by atoms with Crippen molar-refractivity contribution in [2.75, 3.05) is 32.4 Å². The lowest BCUT2D eigenvalue weighted by Crippen LogP contribution is -2.41. The Morgan fingerprint density at radius 1 is 0.909 bits per heavy atom. The van der Waals surface area contributed by atoms with Crippen molar-refractivity contribution in [1.82, 2.24) is 13.9 Å². The number of hydrogen-bond acceptors (Lipinski definition) is 5. The molecule has 10 heteroatoms. The van der Waals surface area contributed by atoms with Gasteiger partial charge in [-0.1, -0.05) is 48.9 Å². The molecule has 0 radical (unpaired) electrons. The van der Waals surface area contributed by atoms with Crippen LogP contribution < -0.4 is 5.32 Å². The lowest BCUT2D eigenvalue weighted by atomic mass is 10.1. The number of nitrogens with one attached hydrogen (secondary N) is 1. The summed E-state index contributed by atoms with van der Waals surface area (Å²) in [7, 11) is -7.04. The first-order valence-electron chi connectivity index (χ1n) is 11.0. The standard InChI is InChI=1S/C23H31N3O5S2/c1-32(28,29)26(17-14-20-8-4-2-5-9-20)19-23(27)24-18-21-10-12-22(13-11-21)33(30,31)25-15-6-3-7-16-25/h2,4-5,8-13H,3,6-7,14-19H2,1H3,(H,24,27). The number of sulfonamides is 2. The van der Waals surface area contributed by atoms with Gasteiger partial charge in [0.05, 0.1) is 17.7 Å². The molecule has 1 aliphatic rings. The van der Waals surface area contributed by atoms with Crippen LogP contribution in [-0.4, -0.2) is 63.8 Å². The number of carbonyl (C=O) groups excluding carboxylic acids is 1. The van der Waals surface area contributed by atoms with E-state index in [9.17, 15) is 21.6 Å². The third-order valence-electron chi connectivity index (χ3n) is 5.65. The third-order valence-corrected chi connectivity index (χ3v) is 8.81. The van der Waals surface area contributed by atoms with Crippen LogP contribution in [0.3, 0.4) is 0 Å². The molecule has 2 aromatic rings. The lowest BCUT2D eigenvalue weighted by molar-refractivity contribution is -0.121. The predicted octanol–water partition coefficient (Wildman–Crippen LogP) is 1.98. The van der Waals surface area contributed by atoms with Crippen LogP contribution in [0.1, 0.15) is 30.4 Å². The fraction of sp³-hybridized carbons (Fsp3) is 0.435. The van der Waals surface area contributed by atoms with Gasteiger partial charge in [0.1, 0.15) is 0 Å². The monoisotopic (exact) mass is 493 g/mol. The molecule has 0 bridgehead atoms. The number of nitrogens with zero attached hydrogens (tertiary/aromatic N) is 2. The molecule has 0 unspecified atom stereocenters. The van der Waals surface area contributed by atoms with E-state index in [0.29, 0.717) is 19.5 Å². The van der Waals surface area contributed by atoms with E-state index in [-0.39, 0.29) is 24.5 Å². The van der Waals surface area contributed by atoms with E-state index in [1.165, 1.54) is 4.31 Å². The van der Waals surface area contributed by atoms with Gasteiger partial charge in [-0.2, -0.15) is 8.61 Å². The van der Waals surface area contributed by atoms with Crippen molar-refractivity contribution < 1.29 is 21.6 Å². The molecule has 0 spiro atoms. The fourth-order valence-electron chi connectivity index (χ4n) is 3.71. The van der Waals surface area contributed by atoms with E-state index in [0.717, 1.165) is 41.0 Å². The van der Waals surface area contributed by atoms with Crippen LogP contribution in [0, 0.1) is 0 Å². The Morgan fingerprint density at radius 2 is 1.55 bits per heavy atom. The van der Waals surface area contributed by atoms with Gasteiger partial charge >= 0.3 is 0 Å². The molecule has 1 N–H and O–H groups in total. The smallest absolute Gasteiger partial charge is 0.243 e. The minimum absolute atomic E-state index is 0.180. The summed E-state index contributed by atoms with van der Waals surface area (Å²) in [6.07, 6.45) is 4.40. The number of carbonyl (C=O) groups is 1. The highest BCUT2D eigenvalue weighted by Crippen LogP contribution is 2.20. The Morgan fingerprint density at radius 3 is 2.15 bits per heavy atom. The first-order chi connectivity index (χ1) is 15.7. The van der Waals surface area contributed by atoms with Crippen LogP contribution >= 0.6 is 0 Å². The Labute approximate surface area is 196 Å². The molecular weight excluding hydrogens is 462 g/mol. The minimum atomic E-state index is -3.54.